The van der Waals surface area contributed by atoms with Crippen LogP contribution in [0.25, 0.3) is 11.0 Å². The molecule has 2 heterocycles. The van der Waals surface area contributed by atoms with Gasteiger partial charge in [-0.2, -0.15) is 0 Å². The fourth-order valence-electron chi connectivity index (χ4n) is 4.65. The van der Waals surface area contributed by atoms with Crippen molar-refractivity contribution >= 4 is 34.2 Å². The Balaban J connectivity index is 1.32. The van der Waals surface area contributed by atoms with Gasteiger partial charge >= 0.3 is 0 Å². The van der Waals surface area contributed by atoms with Gasteiger partial charge in [-0.15, -0.1) is 0 Å². The number of benzene rings is 3. The summed E-state index contributed by atoms with van der Waals surface area (Å²) in [6, 6.07) is 23.9. The minimum Gasteiger partial charge on any atom is -0.494 e. The molecule has 34 heavy (non-hydrogen) atoms. The van der Waals surface area contributed by atoms with Crippen LogP contribution in [0.4, 0.5) is 5.69 Å². The Morgan fingerprint density at radius 2 is 1.88 bits per heavy atom. The van der Waals surface area contributed by atoms with Crippen molar-refractivity contribution in [2.45, 2.75) is 38.6 Å². The number of fused-ring (bicyclic) bond motifs is 1. The fourth-order valence-corrected chi connectivity index (χ4v) is 4.83. The molecule has 0 unspecified atom stereocenters. The second-order valence-corrected chi connectivity index (χ2v) is 9.13. The fraction of sp³-hybridized carbons (Fsp3) is 0.286. The summed E-state index contributed by atoms with van der Waals surface area (Å²) in [5.74, 6) is 1.99. The Kier molecular flexibility index (Phi) is 6.54. The number of halogens is 1. The van der Waals surface area contributed by atoms with E-state index < -0.39 is 0 Å². The highest BCUT2D eigenvalue weighted by Crippen LogP contribution is 2.34. The summed E-state index contributed by atoms with van der Waals surface area (Å²) in [4.78, 5) is 19.7. The highest BCUT2D eigenvalue weighted by atomic mass is 35.5. The zero-order valence-corrected chi connectivity index (χ0v) is 20.0. The lowest BCUT2D eigenvalue weighted by molar-refractivity contribution is -0.117. The van der Waals surface area contributed by atoms with Gasteiger partial charge in [0.2, 0.25) is 5.91 Å². The number of hydrogen-bond donors (Lipinski definition) is 0. The first-order chi connectivity index (χ1) is 16.6. The second-order valence-electron chi connectivity index (χ2n) is 8.70. The monoisotopic (exact) mass is 473 g/mol. The molecule has 0 aliphatic carbocycles. The largest absolute Gasteiger partial charge is 0.494 e. The van der Waals surface area contributed by atoms with E-state index in [0.29, 0.717) is 24.6 Å². The third-order valence-electron chi connectivity index (χ3n) is 6.42. The van der Waals surface area contributed by atoms with E-state index in [0.717, 1.165) is 47.7 Å². The number of amides is 1. The number of anilines is 1. The molecule has 1 amide bonds. The Morgan fingerprint density at radius 3 is 2.68 bits per heavy atom. The molecule has 5 rings (SSSR count). The van der Waals surface area contributed by atoms with Crippen LogP contribution >= 0.6 is 11.6 Å². The molecular formula is C28H28ClN3O2. The summed E-state index contributed by atoms with van der Waals surface area (Å²) < 4.78 is 8.24. The molecule has 1 aliphatic rings. The molecule has 1 saturated heterocycles. The van der Waals surface area contributed by atoms with Gasteiger partial charge in [-0.3, -0.25) is 4.79 Å². The third-order valence-corrected chi connectivity index (χ3v) is 6.66. The second kappa shape index (κ2) is 9.90. The topological polar surface area (TPSA) is 47.4 Å². The quantitative estimate of drug-likeness (QED) is 0.284. The number of hydrogen-bond acceptors (Lipinski definition) is 3. The van der Waals surface area contributed by atoms with Gasteiger partial charge in [0.05, 0.1) is 17.6 Å². The minimum atomic E-state index is 0.0291. The van der Waals surface area contributed by atoms with Crippen molar-refractivity contribution in [2.24, 2.45) is 0 Å². The van der Waals surface area contributed by atoms with Crippen molar-refractivity contribution in [3.8, 4) is 5.75 Å². The first-order valence-corrected chi connectivity index (χ1v) is 12.2. The third kappa shape index (κ3) is 4.66. The van der Waals surface area contributed by atoms with Crippen LogP contribution in [-0.2, 0) is 17.8 Å². The Morgan fingerprint density at radius 1 is 1.06 bits per heavy atom. The number of carbonyl (C=O) groups is 1. The molecule has 1 fully saturated rings. The van der Waals surface area contributed by atoms with Crippen LogP contribution in [0.3, 0.4) is 0 Å². The van der Waals surface area contributed by atoms with Crippen LogP contribution in [0.1, 0.15) is 37.1 Å². The number of para-hydroxylation sites is 2. The van der Waals surface area contributed by atoms with E-state index in [-0.39, 0.29) is 11.8 Å². The SMILES string of the molecule is CCc1ccc(OCCCn2c([C@H]3CC(=O)N(c4cccc(Cl)c4)C3)nc3ccccc32)cc1. The summed E-state index contributed by atoms with van der Waals surface area (Å²) in [6.45, 7) is 4.15. The molecule has 1 aromatic heterocycles. The predicted molar refractivity (Wildman–Crippen MR) is 137 cm³/mol. The molecule has 174 valence electrons. The molecule has 6 heteroatoms. The molecule has 0 bridgehead atoms. The maximum Gasteiger partial charge on any atom is 0.227 e. The van der Waals surface area contributed by atoms with Crippen molar-refractivity contribution < 1.29 is 9.53 Å². The Labute approximate surface area is 204 Å². The van der Waals surface area contributed by atoms with E-state index in [9.17, 15) is 4.79 Å². The Hall–Kier alpha value is -3.31. The lowest BCUT2D eigenvalue weighted by Gasteiger charge is -2.18. The average Bonchev–Trinajstić information content (AvgIpc) is 3.42. The van der Waals surface area contributed by atoms with Gasteiger partial charge in [-0.1, -0.05) is 48.9 Å². The first-order valence-electron chi connectivity index (χ1n) is 11.8. The van der Waals surface area contributed by atoms with E-state index in [4.69, 9.17) is 21.3 Å². The minimum absolute atomic E-state index is 0.0291. The molecule has 0 N–H and O–H groups in total. The molecular weight excluding hydrogens is 446 g/mol. The van der Waals surface area contributed by atoms with Crippen molar-refractivity contribution in [2.75, 3.05) is 18.1 Å². The first kappa shape index (κ1) is 22.5. The van der Waals surface area contributed by atoms with Gasteiger partial charge in [0, 0.05) is 36.1 Å². The summed E-state index contributed by atoms with van der Waals surface area (Å²) in [6.07, 6.45) is 2.31. The normalized spacial score (nSPS) is 15.9. The van der Waals surface area contributed by atoms with Crippen molar-refractivity contribution in [1.82, 2.24) is 9.55 Å². The molecule has 3 aromatic carbocycles. The summed E-state index contributed by atoms with van der Waals surface area (Å²) in [5, 5.41) is 0.630. The maximum atomic E-state index is 12.9. The molecule has 4 aromatic rings. The number of imidazole rings is 1. The average molecular weight is 474 g/mol. The van der Waals surface area contributed by atoms with E-state index in [1.165, 1.54) is 5.56 Å². The summed E-state index contributed by atoms with van der Waals surface area (Å²) in [7, 11) is 0. The number of carbonyl (C=O) groups excluding carboxylic acids is 1. The zero-order valence-electron chi connectivity index (χ0n) is 19.3. The van der Waals surface area contributed by atoms with Gasteiger partial charge in [0.15, 0.2) is 0 Å². The van der Waals surface area contributed by atoms with Gasteiger partial charge in [-0.05, 0) is 60.9 Å². The Bertz CT molecular complexity index is 1300. The van der Waals surface area contributed by atoms with Gasteiger partial charge in [-0.25, -0.2) is 4.98 Å². The highest BCUT2D eigenvalue weighted by Gasteiger charge is 2.34. The number of aromatic nitrogens is 2. The smallest absolute Gasteiger partial charge is 0.227 e. The van der Waals surface area contributed by atoms with E-state index in [1.807, 2.05) is 59.5 Å². The van der Waals surface area contributed by atoms with Crippen molar-refractivity contribution in [3.63, 3.8) is 0 Å². The van der Waals surface area contributed by atoms with E-state index >= 15 is 0 Å². The van der Waals surface area contributed by atoms with Crippen LogP contribution in [0.2, 0.25) is 5.02 Å². The highest BCUT2D eigenvalue weighted by molar-refractivity contribution is 6.30. The molecule has 0 saturated carbocycles. The molecule has 1 atom stereocenters. The van der Waals surface area contributed by atoms with Crippen LogP contribution in [-0.4, -0.2) is 28.6 Å². The lowest BCUT2D eigenvalue weighted by Crippen LogP contribution is -2.24. The van der Waals surface area contributed by atoms with Crippen LogP contribution in [0.15, 0.2) is 72.8 Å². The number of aryl methyl sites for hydroxylation is 2. The predicted octanol–water partition coefficient (Wildman–Crippen LogP) is 6.24. The van der Waals surface area contributed by atoms with E-state index in [1.54, 1.807) is 0 Å². The summed E-state index contributed by atoms with van der Waals surface area (Å²) >= 11 is 6.17. The number of rotatable bonds is 8. The van der Waals surface area contributed by atoms with Gasteiger partial charge < -0.3 is 14.2 Å². The molecule has 0 spiro atoms. The number of ether oxygens (including phenoxy) is 1. The van der Waals surface area contributed by atoms with Crippen LogP contribution in [0, 0.1) is 0 Å². The van der Waals surface area contributed by atoms with Gasteiger partial charge in [0.1, 0.15) is 11.6 Å². The van der Waals surface area contributed by atoms with Crippen LogP contribution < -0.4 is 9.64 Å². The molecule has 5 nitrogen and oxygen atoms in total. The van der Waals surface area contributed by atoms with Crippen LogP contribution in [0.5, 0.6) is 5.75 Å². The zero-order chi connectivity index (χ0) is 23.5. The lowest BCUT2D eigenvalue weighted by atomic mass is 10.1. The van der Waals surface area contributed by atoms with Crippen molar-refractivity contribution in [3.05, 3.63) is 89.2 Å². The number of nitrogens with zero attached hydrogens (tertiary/aromatic N) is 3. The van der Waals surface area contributed by atoms with Gasteiger partial charge in [0.25, 0.3) is 0 Å². The summed E-state index contributed by atoms with van der Waals surface area (Å²) in [5.41, 5.74) is 4.20. The molecule has 1 aliphatic heterocycles. The standard InChI is InChI=1S/C28H28ClN3O2/c1-2-20-11-13-24(14-12-20)34-16-6-15-31-26-10-4-3-9-25(26)30-28(31)21-17-27(33)32(19-21)23-8-5-7-22(29)18-23/h3-5,7-14,18,21H,2,6,15-17,19H2,1H3/t21-/m0/s1. The van der Waals surface area contributed by atoms with Crippen molar-refractivity contribution in [1.29, 1.82) is 0 Å². The van der Waals surface area contributed by atoms with E-state index in [2.05, 4.69) is 29.7 Å². The molecule has 0 radical (unpaired) electrons. The maximum absolute atomic E-state index is 12.9.